The first-order chi connectivity index (χ1) is 18.6. The Kier molecular flexibility index (Phi) is 13.1. The maximum atomic E-state index is 13.2. The Morgan fingerprint density at radius 3 is 2.17 bits per heavy atom. The van der Waals surface area contributed by atoms with Crippen LogP contribution in [0.2, 0.25) is 0 Å². The van der Waals surface area contributed by atoms with Gasteiger partial charge in [-0.1, -0.05) is 66.7 Å². The van der Waals surface area contributed by atoms with Crippen molar-refractivity contribution in [1.82, 2.24) is 10.0 Å². The highest BCUT2D eigenvalue weighted by molar-refractivity contribution is 7.90. The summed E-state index contributed by atoms with van der Waals surface area (Å²) in [6.07, 6.45) is -0.503. The van der Waals surface area contributed by atoms with Crippen molar-refractivity contribution in [2.75, 3.05) is 18.9 Å². The van der Waals surface area contributed by atoms with Gasteiger partial charge >= 0.3 is 0 Å². The van der Waals surface area contributed by atoms with Crippen molar-refractivity contribution >= 4 is 28.3 Å². The van der Waals surface area contributed by atoms with Crippen LogP contribution in [0, 0.1) is 0 Å². The minimum absolute atomic E-state index is 0. The molecule has 40 heavy (non-hydrogen) atoms. The van der Waals surface area contributed by atoms with Crippen molar-refractivity contribution < 1.29 is 28.2 Å². The van der Waals surface area contributed by atoms with Gasteiger partial charge in [-0.15, -0.1) is 12.4 Å². The largest absolute Gasteiger partial charge is 0.490 e. The molecular formula is C30H39ClN2O6S. The van der Waals surface area contributed by atoms with E-state index in [-0.39, 0.29) is 48.9 Å². The second-order valence-electron chi connectivity index (χ2n) is 9.68. The van der Waals surface area contributed by atoms with Crippen LogP contribution in [0.1, 0.15) is 54.8 Å². The van der Waals surface area contributed by atoms with E-state index in [4.69, 9.17) is 9.84 Å². The topological polar surface area (TPSA) is 125 Å². The number of benzene rings is 3. The second kappa shape index (κ2) is 15.7. The number of ether oxygens (including phenoxy) is 1. The first kappa shape index (κ1) is 33.3. The summed E-state index contributed by atoms with van der Waals surface area (Å²) in [5.74, 6) is -0.833. The number of carbonyl (C=O) groups excluding carboxylic acids is 1. The van der Waals surface area contributed by atoms with Crippen LogP contribution in [-0.4, -0.2) is 55.6 Å². The molecule has 0 aliphatic carbocycles. The molecule has 3 rings (SSSR count). The van der Waals surface area contributed by atoms with Gasteiger partial charge in [0.1, 0.15) is 5.75 Å². The fraction of sp³-hybridized carbons (Fsp3) is 0.367. The zero-order valence-electron chi connectivity index (χ0n) is 23.0. The molecule has 0 fully saturated rings. The number of halogens is 1. The lowest BCUT2D eigenvalue weighted by Crippen LogP contribution is -2.34. The van der Waals surface area contributed by atoms with E-state index in [1.807, 2.05) is 81.4 Å². The standard InChI is InChI=1S/C30H38N2O6S.ClH/c1-21(2)38-29-26(17-18-31-22(3)28(34)24-13-8-5-9-14-24)25(23-11-6-4-7-12-23)15-16-27(29)30(35)32-39(36,37)20-10-19-33;/h4-9,11-16,21-22,28,31,33-34H,10,17-20H2,1-3H3,(H,32,35);1H/t22-,28-;/m0./s1. The average Bonchev–Trinajstić information content (AvgIpc) is 2.92. The van der Waals surface area contributed by atoms with Crippen molar-refractivity contribution in [3.8, 4) is 16.9 Å². The van der Waals surface area contributed by atoms with Crippen molar-refractivity contribution in [2.24, 2.45) is 0 Å². The Morgan fingerprint density at radius 2 is 1.57 bits per heavy atom. The molecule has 3 aromatic carbocycles. The van der Waals surface area contributed by atoms with E-state index in [2.05, 4.69) is 10.0 Å². The summed E-state index contributed by atoms with van der Waals surface area (Å²) in [5.41, 5.74) is 3.48. The van der Waals surface area contributed by atoms with Gasteiger partial charge in [0, 0.05) is 18.2 Å². The number of aliphatic hydroxyl groups excluding tert-OH is 2. The fourth-order valence-corrected chi connectivity index (χ4v) is 5.29. The first-order valence-corrected chi connectivity index (χ1v) is 14.8. The molecule has 10 heteroatoms. The molecule has 4 N–H and O–H groups in total. The third-order valence-electron chi connectivity index (χ3n) is 6.22. The molecule has 218 valence electrons. The molecule has 2 atom stereocenters. The zero-order chi connectivity index (χ0) is 28.4. The fourth-order valence-electron chi connectivity index (χ4n) is 4.29. The summed E-state index contributed by atoms with van der Waals surface area (Å²) in [6, 6.07) is 22.2. The molecule has 0 radical (unpaired) electrons. The minimum atomic E-state index is -3.93. The smallest absolute Gasteiger partial charge is 0.268 e. The van der Waals surface area contributed by atoms with E-state index in [1.165, 1.54) is 0 Å². The van der Waals surface area contributed by atoms with Gasteiger partial charge < -0.3 is 20.3 Å². The number of sulfonamides is 1. The number of rotatable bonds is 14. The normalized spacial score (nSPS) is 12.8. The number of hydrogen-bond acceptors (Lipinski definition) is 7. The molecule has 0 aliphatic rings. The molecule has 0 spiro atoms. The molecule has 1 amide bonds. The summed E-state index contributed by atoms with van der Waals surface area (Å²) in [6.45, 7) is 5.77. The molecule has 0 saturated heterocycles. The maximum absolute atomic E-state index is 13.2. The second-order valence-corrected chi connectivity index (χ2v) is 11.5. The summed E-state index contributed by atoms with van der Waals surface area (Å²) in [5, 5.41) is 23.1. The monoisotopic (exact) mass is 590 g/mol. The summed E-state index contributed by atoms with van der Waals surface area (Å²) >= 11 is 0. The Labute approximate surface area is 243 Å². The van der Waals surface area contributed by atoms with Gasteiger partial charge in [0.15, 0.2) is 0 Å². The van der Waals surface area contributed by atoms with Crippen LogP contribution in [0.5, 0.6) is 5.75 Å². The molecule has 0 saturated carbocycles. The lowest BCUT2D eigenvalue weighted by Gasteiger charge is -2.23. The number of aliphatic hydroxyl groups is 2. The highest BCUT2D eigenvalue weighted by atomic mass is 35.5. The molecule has 0 aliphatic heterocycles. The third-order valence-corrected chi connectivity index (χ3v) is 7.54. The van der Waals surface area contributed by atoms with E-state index in [9.17, 15) is 18.3 Å². The van der Waals surface area contributed by atoms with Crippen LogP contribution in [0.15, 0.2) is 72.8 Å². The molecule has 0 unspecified atom stereocenters. The maximum Gasteiger partial charge on any atom is 0.268 e. The highest BCUT2D eigenvalue weighted by Crippen LogP contribution is 2.35. The van der Waals surface area contributed by atoms with Gasteiger partial charge in [-0.3, -0.25) is 4.79 Å². The lowest BCUT2D eigenvalue weighted by molar-refractivity contribution is 0.0975. The SMILES string of the molecule is CC(C)Oc1c(C(=O)NS(=O)(=O)CCCO)ccc(-c2ccccc2)c1CCN[C@@H](C)[C@H](O)c1ccccc1.Cl. The summed E-state index contributed by atoms with van der Waals surface area (Å²) < 4.78 is 33.0. The minimum Gasteiger partial charge on any atom is -0.490 e. The Hall–Kier alpha value is -2.95. The van der Waals surface area contributed by atoms with Crippen LogP contribution in [-0.2, 0) is 16.4 Å². The van der Waals surface area contributed by atoms with E-state index < -0.39 is 22.0 Å². The van der Waals surface area contributed by atoms with E-state index in [1.54, 1.807) is 12.1 Å². The van der Waals surface area contributed by atoms with Crippen LogP contribution >= 0.6 is 12.4 Å². The predicted molar refractivity (Wildman–Crippen MR) is 160 cm³/mol. The number of hydrogen-bond donors (Lipinski definition) is 4. The average molecular weight is 591 g/mol. The molecule has 0 bridgehead atoms. The number of carbonyl (C=O) groups is 1. The number of nitrogens with one attached hydrogen (secondary N) is 2. The Bertz CT molecular complexity index is 1320. The van der Waals surface area contributed by atoms with E-state index in [0.717, 1.165) is 22.3 Å². The molecular weight excluding hydrogens is 552 g/mol. The third kappa shape index (κ3) is 9.31. The van der Waals surface area contributed by atoms with Crippen LogP contribution < -0.4 is 14.8 Å². The summed E-state index contributed by atoms with van der Waals surface area (Å²) in [7, 11) is -3.93. The Balaban J connectivity index is 0.00000560. The van der Waals surface area contributed by atoms with Gasteiger partial charge in [-0.2, -0.15) is 0 Å². The van der Waals surface area contributed by atoms with Gasteiger partial charge in [-0.05, 0) is 62.9 Å². The molecule has 8 nitrogen and oxygen atoms in total. The molecule has 3 aromatic rings. The van der Waals surface area contributed by atoms with Crippen LogP contribution in [0.3, 0.4) is 0 Å². The predicted octanol–water partition coefficient (Wildman–Crippen LogP) is 4.26. The lowest BCUT2D eigenvalue weighted by atomic mass is 9.93. The van der Waals surface area contributed by atoms with Crippen molar-refractivity contribution in [3.05, 3.63) is 89.5 Å². The van der Waals surface area contributed by atoms with Crippen molar-refractivity contribution in [2.45, 2.75) is 51.9 Å². The summed E-state index contributed by atoms with van der Waals surface area (Å²) in [4.78, 5) is 13.2. The first-order valence-electron chi connectivity index (χ1n) is 13.1. The van der Waals surface area contributed by atoms with Crippen molar-refractivity contribution in [3.63, 3.8) is 0 Å². The molecule has 0 heterocycles. The van der Waals surface area contributed by atoms with Gasteiger partial charge in [0.25, 0.3) is 5.91 Å². The highest BCUT2D eigenvalue weighted by Gasteiger charge is 2.25. The zero-order valence-corrected chi connectivity index (χ0v) is 24.7. The quantitative estimate of drug-likeness (QED) is 0.221. The van der Waals surface area contributed by atoms with Crippen LogP contribution in [0.4, 0.5) is 0 Å². The van der Waals surface area contributed by atoms with E-state index in [0.29, 0.717) is 18.7 Å². The van der Waals surface area contributed by atoms with Crippen LogP contribution in [0.25, 0.3) is 11.1 Å². The van der Waals surface area contributed by atoms with Gasteiger partial charge in [0.2, 0.25) is 10.0 Å². The van der Waals surface area contributed by atoms with Gasteiger partial charge in [-0.25, -0.2) is 13.1 Å². The number of amides is 1. The Morgan fingerprint density at radius 1 is 0.950 bits per heavy atom. The molecule has 0 aromatic heterocycles. The van der Waals surface area contributed by atoms with Gasteiger partial charge in [0.05, 0.1) is 23.5 Å². The van der Waals surface area contributed by atoms with E-state index >= 15 is 0 Å². The van der Waals surface area contributed by atoms with Crippen molar-refractivity contribution in [1.29, 1.82) is 0 Å².